The fraction of sp³-hybridized carbons (Fsp3) is 0.407. The fourth-order valence-corrected chi connectivity index (χ4v) is 6.75. The summed E-state index contributed by atoms with van der Waals surface area (Å²) in [4.78, 5) is 44.6. The number of carbonyl (C=O) groups is 3. The summed E-state index contributed by atoms with van der Waals surface area (Å²) < 4.78 is 28.1. The van der Waals surface area contributed by atoms with Gasteiger partial charge in [-0.2, -0.15) is 0 Å². The van der Waals surface area contributed by atoms with E-state index in [9.17, 15) is 27.9 Å². The molecule has 5 rings (SSSR count). The number of aromatic nitrogens is 2. The standard InChI is InChI=1S/C27H32BN5O6S/c1-15-3-2-4-18(30-15)11-24(34)23-10-17(28)12-33(23)25(35)14-32-13-21(26(29)36)20-9-16(5-8-22(20)32)27(37)31-40(38,39)19-6-7-19/h2-5,8-9,13,17,19,23-24,34H,6-7,10-12,14,28H2,1H3,(H2,29,36)(H,31,37)/t17-,23?,24?/m1/s1. The summed E-state index contributed by atoms with van der Waals surface area (Å²) in [5, 5.41) is 10.8. The molecule has 210 valence electrons. The van der Waals surface area contributed by atoms with Crippen molar-refractivity contribution in [3.8, 4) is 0 Å². The lowest BCUT2D eigenvalue weighted by Crippen LogP contribution is -2.45. The van der Waals surface area contributed by atoms with Gasteiger partial charge in [0.15, 0.2) is 0 Å². The van der Waals surface area contributed by atoms with E-state index in [1.807, 2.05) is 33.0 Å². The van der Waals surface area contributed by atoms with Crippen molar-refractivity contribution in [3.05, 3.63) is 65.1 Å². The number of hydrogen-bond acceptors (Lipinski definition) is 7. The molecule has 0 radical (unpaired) electrons. The van der Waals surface area contributed by atoms with E-state index < -0.39 is 33.2 Å². The topological polar surface area (TPSA) is 165 Å². The predicted molar refractivity (Wildman–Crippen MR) is 151 cm³/mol. The number of nitrogens with zero attached hydrogens (tertiary/aromatic N) is 3. The van der Waals surface area contributed by atoms with Gasteiger partial charge in [0, 0.05) is 47.0 Å². The number of carbonyl (C=O) groups excluding carboxylic acids is 3. The van der Waals surface area contributed by atoms with Gasteiger partial charge >= 0.3 is 0 Å². The summed E-state index contributed by atoms with van der Waals surface area (Å²) in [6.45, 7) is 2.27. The summed E-state index contributed by atoms with van der Waals surface area (Å²) in [6.07, 6.45) is 2.68. The molecule has 3 aromatic rings. The molecule has 2 aliphatic rings. The minimum absolute atomic E-state index is 0.0598. The van der Waals surface area contributed by atoms with Crippen molar-refractivity contribution in [3.63, 3.8) is 0 Å². The lowest BCUT2D eigenvalue weighted by molar-refractivity contribution is -0.134. The molecule has 2 aromatic heterocycles. The summed E-state index contributed by atoms with van der Waals surface area (Å²) in [5.74, 6) is -1.56. The SMILES string of the molecule is B[C@@H]1CC(C(O)Cc2cccc(C)n2)N(C(=O)Cn2cc(C(N)=O)c3cc(C(=O)NS(=O)(=O)C4CC4)ccc32)C1. The third-order valence-electron chi connectivity index (χ3n) is 7.59. The maximum absolute atomic E-state index is 13.5. The molecule has 1 aliphatic carbocycles. The second-order valence-electron chi connectivity index (χ2n) is 10.9. The van der Waals surface area contributed by atoms with Crippen molar-refractivity contribution in [1.82, 2.24) is 19.2 Å². The Morgan fingerprint density at radius 1 is 1.23 bits per heavy atom. The second kappa shape index (κ2) is 10.7. The van der Waals surface area contributed by atoms with Gasteiger partial charge in [-0.05, 0) is 56.5 Å². The average Bonchev–Trinajstić information content (AvgIpc) is 3.60. The number of pyridine rings is 1. The third-order valence-corrected chi connectivity index (χ3v) is 9.41. The molecule has 1 aliphatic heterocycles. The highest BCUT2D eigenvalue weighted by molar-refractivity contribution is 7.91. The number of amides is 3. The number of hydrogen-bond donors (Lipinski definition) is 3. The van der Waals surface area contributed by atoms with Crippen LogP contribution in [0, 0.1) is 6.92 Å². The molecule has 11 nitrogen and oxygen atoms in total. The van der Waals surface area contributed by atoms with Crippen LogP contribution < -0.4 is 10.5 Å². The van der Waals surface area contributed by atoms with E-state index in [2.05, 4.69) is 9.71 Å². The van der Waals surface area contributed by atoms with E-state index in [0.29, 0.717) is 43.1 Å². The van der Waals surface area contributed by atoms with Gasteiger partial charge in [0.25, 0.3) is 11.8 Å². The predicted octanol–water partition coefficient (Wildman–Crippen LogP) is 0.292. The molecule has 3 atom stereocenters. The average molecular weight is 565 g/mol. The Balaban J connectivity index is 1.37. The molecule has 1 saturated heterocycles. The summed E-state index contributed by atoms with van der Waals surface area (Å²) in [7, 11) is -1.71. The van der Waals surface area contributed by atoms with Crippen LogP contribution in [0.1, 0.15) is 51.4 Å². The van der Waals surface area contributed by atoms with E-state index >= 15 is 0 Å². The molecule has 1 aromatic carbocycles. The molecule has 0 bridgehead atoms. The van der Waals surface area contributed by atoms with Gasteiger partial charge in [0.2, 0.25) is 15.9 Å². The van der Waals surface area contributed by atoms with Gasteiger partial charge in [-0.3, -0.25) is 19.4 Å². The van der Waals surface area contributed by atoms with Crippen LogP contribution >= 0.6 is 0 Å². The zero-order valence-corrected chi connectivity index (χ0v) is 23.2. The Kier molecular flexibility index (Phi) is 7.45. The third kappa shape index (κ3) is 5.75. The highest BCUT2D eigenvalue weighted by Gasteiger charge is 2.38. The smallest absolute Gasteiger partial charge is 0.264 e. The number of aliphatic hydroxyl groups is 1. The molecule has 3 heterocycles. The van der Waals surface area contributed by atoms with Crippen molar-refractivity contribution < 1.29 is 27.9 Å². The summed E-state index contributed by atoms with van der Waals surface area (Å²) >= 11 is 0. The number of fused-ring (bicyclic) bond motifs is 1. The first-order valence-electron chi connectivity index (χ1n) is 13.3. The number of nitrogens with two attached hydrogens (primary N) is 1. The second-order valence-corrected chi connectivity index (χ2v) is 12.9. The molecular weight excluding hydrogens is 533 g/mol. The van der Waals surface area contributed by atoms with Crippen LogP contribution in [0.5, 0.6) is 0 Å². The van der Waals surface area contributed by atoms with Gasteiger partial charge in [0.1, 0.15) is 14.4 Å². The maximum Gasteiger partial charge on any atom is 0.264 e. The first-order valence-corrected chi connectivity index (χ1v) is 14.9. The molecule has 0 spiro atoms. The Labute approximate surface area is 233 Å². The highest BCUT2D eigenvalue weighted by atomic mass is 32.2. The van der Waals surface area contributed by atoms with Crippen molar-refractivity contribution >= 4 is 46.5 Å². The number of sulfonamides is 1. The number of primary amides is 1. The number of likely N-dealkylation sites (tertiary alicyclic amines) is 1. The lowest BCUT2D eigenvalue weighted by Gasteiger charge is -2.29. The molecule has 2 unspecified atom stereocenters. The summed E-state index contributed by atoms with van der Waals surface area (Å²) in [6, 6.07) is 9.67. The fourth-order valence-electron chi connectivity index (χ4n) is 5.45. The Hall–Kier alpha value is -3.71. The van der Waals surface area contributed by atoms with Crippen LogP contribution in [0.4, 0.5) is 0 Å². The molecule has 3 amide bonds. The Bertz CT molecular complexity index is 1600. The van der Waals surface area contributed by atoms with E-state index in [1.54, 1.807) is 15.5 Å². The normalized spacial score (nSPS) is 20.0. The minimum Gasteiger partial charge on any atom is -0.391 e. The van der Waals surface area contributed by atoms with Gasteiger partial charge in [-0.15, -0.1) is 0 Å². The molecule has 1 saturated carbocycles. The molecule has 40 heavy (non-hydrogen) atoms. The number of rotatable bonds is 9. The van der Waals surface area contributed by atoms with E-state index in [-0.39, 0.29) is 35.4 Å². The van der Waals surface area contributed by atoms with Crippen LogP contribution in [-0.2, 0) is 27.8 Å². The van der Waals surface area contributed by atoms with Crippen LogP contribution in [0.15, 0.2) is 42.6 Å². The zero-order chi connectivity index (χ0) is 28.8. The van der Waals surface area contributed by atoms with Crippen LogP contribution in [0.2, 0.25) is 5.82 Å². The first kappa shape index (κ1) is 27.8. The Morgan fingerprint density at radius 2 is 1.98 bits per heavy atom. The van der Waals surface area contributed by atoms with E-state index in [0.717, 1.165) is 11.4 Å². The quantitative estimate of drug-likeness (QED) is 0.314. The molecule has 2 fully saturated rings. The van der Waals surface area contributed by atoms with Crippen LogP contribution in [0.25, 0.3) is 10.9 Å². The van der Waals surface area contributed by atoms with Gasteiger partial charge in [-0.1, -0.05) is 11.9 Å². The minimum atomic E-state index is -3.74. The van der Waals surface area contributed by atoms with Crippen molar-refractivity contribution in [2.75, 3.05) is 6.54 Å². The zero-order valence-electron chi connectivity index (χ0n) is 22.4. The molecular formula is C27H32BN5O6S. The first-order chi connectivity index (χ1) is 18.9. The van der Waals surface area contributed by atoms with Gasteiger partial charge in [-0.25, -0.2) is 13.1 Å². The van der Waals surface area contributed by atoms with Gasteiger partial charge in [0.05, 0.1) is 23.0 Å². The maximum atomic E-state index is 13.5. The van der Waals surface area contributed by atoms with Crippen molar-refractivity contribution in [2.45, 2.75) is 62.4 Å². The van der Waals surface area contributed by atoms with Crippen LogP contribution in [-0.4, -0.2) is 77.5 Å². The van der Waals surface area contributed by atoms with E-state index in [4.69, 9.17) is 5.73 Å². The highest BCUT2D eigenvalue weighted by Crippen LogP contribution is 2.31. The number of benzene rings is 1. The van der Waals surface area contributed by atoms with Crippen molar-refractivity contribution in [1.29, 1.82) is 0 Å². The number of aryl methyl sites for hydroxylation is 1. The summed E-state index contributed by atoms with van der Waals surface area (Å²) in [5.41, 5.74) is 7.88. The number of nitrogens with one attached hydrogen (secondary N) is 1. The largest absolute Gasteiger partial charge is 0.391 e. The molecule has 13 heteroatoms. The van der Waals surface area contributed by atoms with E-state index in [1.165, 1.54) is 18.3 Å². The lowest BCUT2D eigenvalue weighted by atomic mass is 9.84. The van der Waals surface area contributed by atoms with Crippen molar-refractivity contribution in [2.24, 2.45) is 5.73 Å². The van der Waals surface area contributed by atoms with Gasteiger partial charge < -0.3 is 20.3 Å². The Morgan fingerprint density at radius 3 is 2.65 bits per heavy atom. The molecule has 4 N–H and O–H groups in total. The number of aliphatic hydroxyl groups excluding tert-OH is 1. The monoisotopic (exact) mass is 565 g/mol. The van der Waals surface area contributed by atoms with Crippen LogP contribution in [0.3, 0.4) is 0 Å².